The summed E-state index contributed by atoms with van der Waals surface area (Å²) in [6.07, 6.45) is 0. The van der Waals surface area contributed by atoms with Gasteiger partial charge in [-0.2, -0.15) is 0 Å². The van der Waals surface area contributed by atoms with Gasteiger partial charge in [0, 0.05) is 22.0 Å². The summed E-state index contributed by atoms with van der Waals surface area (Å²) < 4.78 is 29.0. The fourth-order valence-electron chi connectivity index (χ4n) is 4.08. The number of nitrogens with one attached hydrogen (secondary N) is 1. The summed E-state index contributed by atoms with van der Waals surface area (Å²) in [4.78, 5) is 38.6. The summed E-state index contributed by atoms with van der Waals surface area (Å²) in [5.41, 5.74) is 1.71. The van der Waals surface area contributed by atoms with Crippen molar-refractivity contribution in [2.75, 3.05) is 9.62 Å². The Bertz CT molecular complexity index is 1570. The minimum Gasteiger partial charge on any atom is -0.295 e. The minimum atomic E-state index is -4.02. The molecule has 4 aromatic rings. The van der Waals surface area contributed by atoms with Crippen LogP contribution in [0.25, 0.3) is 10.8 Å². The van der Waals surface area contributed by atoms with E-state index in [1.165, 1.54) is 31.2 Å². The zero-order chi connectivity index (χ0) is 24.0. The van der Waals surface area contributed by atoms with Crippen molar-refractivity contribution in [1.29, 1.82) is 0 Å². The van der Waals surface area contributed by atoms with Crippen LogP contribution < -0.4 is 9.62 Å². The summed E-state index contributed by atoms with van der Waals surface area (Å²) in [6.45, 7) is 1.43. The summed E-state index contributed by atoms with van der Waals surface area (Å²) in [5, 5.41) is 0.816. The smallest absolute Gasteiger partial charge is 0.266 e. The number of Topliss-reactive ketones (excluding diaryl/α,β-unsaturated/α-hetero) is 1. The largest absolute Gasteiger partial charge is 0.295 e. The highest BCUT2D eigenvalue weighted by atomic mass is 32.2. The number of ketones is 1. The van der Waals surface area contributed by atoms with Gasteiger partial charge in [-0.1, -0.05) is 36.4 Å². The Morgan fingerprint density at radius 1 is 0.735 bits per heavy atom. The molecule has 7 nitrogen and oxygen atoms in total. The molecule has 2 amide bonds. The third-order valence-electron chi connectivity index (χ3n) is 5.73. The zero-order valence-electron chi connectivity index (χ0n) is 18.0. The number of carbonyl (C=O) groups excluding carboxylic acids is 3. The molecule has 8 heteroatoms. The number of hydrogen-bond acceptors (Lipinski definition) is 5. The quantitative estimate of drug-likeness (QED) is 0.338. The zero-order valence-corrected chi connectivity index (χ0v) is 18.8. The maximum Gasteiger partial charge on any atom is 0.266 e. The van der Waals surface area contributed by atoms with E-state index < -0.39 is 21.8 Å². The second kappa shape index (κ2) is 7.93. The number of fused-ring (bicyclic) bond motifs is 2. The number of anilines is 2. The van der Waals surface area contributed by atoms with Crippen LogP contribution in [-0.4, -0.2) is 26.0 Å². The molecule has 0 aliphatic carbocycles. The molecule has 4 aromatic carbocycles. The first kappa shape index (κ1) is 21.5. The van der Waals surface area contributed by atoms with Gasteiger partial charge in [0.15, 0.2) is 5.78 Å². The lowest BCUT2D eigenvalue weighted by atomic mass is 10.1. The second-order valence-corrected chi connectivity index (χ2v) is 9.51. The van der Waals surface area contributed by atoms with Crippen LogP contribution in [0, 0.1) is 0 Å². The Hall–Kier alpha value is -4.30. The number of amides is 2. The first-order valence-electron chi connectivity index (χ1n) is 10.4. The predicted octanol–water partition coefficient (Wildman–Crippen LogP) is 4.64. The van der Waals surface area contributed by atoms with Crippen LogP contribution in [0.4, 0.5) is 11.4 Å². The molecule has 5 rings (SSSR count). The van der Waals surface area contributed by atoms with Crippen molar-refractivity contribution in [3.8, 4) is 0 Å². The number of hydrogen-bond donors (Lipinski definition) is 1. The molecule has 0 fully saturated rings. The van der Waals surface area contributed by atoms with Gasteiger partial charge in [0.2, 0.25) is 0 Å². The molecular formula is C26H18N2O5S. The maximum atomic E-state index is 13.2. The molecule has 1 aliphatic rings. The molecule has 0 bridgehead atoms. The molecule has 168 valence electrons. The standard InChI is InChI=1S/C26H18N2O5S/c1-16(29)17-10-12-18(13-11-17)27-34(32,33)24-15-14-23(19-6-2-3-7-20(19)24)28-25(30)21-8-4-5-9-22(21)26(28)31/h2-15,27H,1H3. The molecule has 0 saturated heterocycles. The van der Waals surface area contributed by atoms with Crippen molar-refractivity contribution >= 4 is 49.8 Å². The molecule has 0 spiro atoms. The van der Waals surface area contributed by atoms with Gasteiger partial charge in [0.05, 0.1) is 21.7 Å². The Kier molecular flexibility index (Phi) is 5.02. The highest BCUT2D eigenvalue weighted by Gasteiger charge is 2.37. The van der Waals surface area contributed by atoms with Crippen molar-refractivity contribution in [3.63, 3.8) is 0 Å². The molecule has 1 aliphatic heterocycles. The molecule has 1 N–H and O–H groups in total. The Balaban J connectivity index is 1.58. The van der Waals surface area contributed by atoms with Gasteiger partial charge in [-0.25, -0.2) is 13.3 Å². The molecular weight excluding hydrogens is 452 g/mol. The van der Waals surface area contributed by atoms with Crippen LogP contribution in [0.1, 0.15) is 38.0 Å². The summed E-state index contributed by atoms with van der Waals surface area (Å²) >= 11 is 0. The van der Waals surface area contributed by atoms with Gasteiger partial charge >= 0.3 is 0 Å². The highest BCUT2D eigenvalue weighted by molar-refractivity contribution is 7.93. The van der Waals surface area contributed by atoms with Crippen LogP contribution in [0.15, 0.2) is 89.8 Å². The SMILES string of the molecule is CC(=O)c1ccc(NS(=O)(=O)c2ccc(N3C(=O)c4ccccc4C3=O)c3ccccc23)cc1. The lowest BCUT2D eigenvalue weighted by molar-refractivity contribution is 0.0925. The van der Waals surface area contributed by atoms with E-state index in [2.05, 4.69) is 4.72 Å². The van der Waals surface area contributed by atoms with Gasteiger partial charge in [0.1, 0.15) is 0 Å². The van der Waals surface area contributed by atoms with Gasteiger partial charge in [-0.15, -0.1) is 0 Å². The predicted molar refractivity (Wildman–Crippen MR) is 129 cm³/mol. The third-order valence-corrected chi connectivity index (χ3v) is 7.17. The summed E-state index contributed by atoms with van der Waals surface area (Å²) in [5.74, 6) is -1.03. The van der Waals surface area contributed by atoms with Gasteiger partial charge in [0.25, 0.3) is 21.8 Å². The number of nitrogens with zero attached hydrogens (tertiary/aromatic N) is 1. The molecule has 0 radical (unpaired) electrons. The topological polar surface area (TPSA) is 101 Å². The maximum absolute atomic E-state index is 13.2. The fourth-order valence-corrected chi connectivity index (χ4v) is 5.35. The normalized spacial score (nSPS) is 13.3. The van der Waals surface area contributed by atoms with E-state index >= 15 is 0 Å². The van der Waals surface area contributed by atoms with E-state index in [0.29, 0.717) is 38.8 Å². The summed E-state index contributed by atoms with van der Waals surface area (Å²) in [7, 11) is -4.02. The van der Waals surface area contributed by atoms with E-state index in [1.54, 1.807) is 60.7 Å². The lowest BCUT2D eigenvalue weighted by Crippen LogP contribution is -2.29. The minimum absolute atomic E-state index is 0.000830. The average Bonchev–Trinajstić information content (AvgIpc) is 3.08. The number of rotatable bonds is 5. The molecule has 0 aromatic heterocycles. The van der Waals surface area contributed by atoms with E-state index in [4.69, 9.17) is 0 Å². The molecule has 0 unspecified atom stereocenters. The van der Waals surface area contributed by atoms with Crippen LogP contribution in [0.3, 0.4) is 0 Å². The molecule has 0 atom stereocenters. The van der Waals surface area contributed by atoms with Gasteiger partial charge < -0.3 is 0 Å². The third kappa shape index (κ3) is 3.45. The van der Waals surface area contributed by atoms with E-state index in [0.717, 1.165) is 4.90 Å². The first-order chi connectivity index (χ1) is 16.3. The van der Waals surface area contributed by atoms with Gasteiger partial charge in [-0.05, 0) is 55.5 Å². The van der Waals surface area contributed by atoms with Crippen molar-refractivity contribution in [2.24, 2.45) is 0 Å². The van der Waals surface area contributed by atoms with E-state index in [-0.39, 0.29) is 10.7 Å². The number of imide groups is 1. The van der Waals surface area contributed by atoms with Crippen LogP contribution in [0.5, 0.6) is 0 Å². The Morgan fingerprint density at radius 2 is 1.29 bits per heavy atom. The molecule has 1 heterocycles. The highest BCUT2D eigenvalue weighted by Crippen LogP contribution is 2.36. The first-order valence-corrected chi connectivity index (χ1v) is 11.9. The molecule has 0 saturated carbocycles. The average molecular weight is 471 g/mol. The number of benzene rings is 4. The van der Waals surface area contributed by atoms with Crippen LogP contribution >= 0.6 is 0 Å². The van der Waals surface area contributed by atoms with Crippen LogP contribution in [0.2, 0.25) is 0 Å². The Labute approximate surface area is 195 Å². The number of carbonyl (C=O) groups is 3. The summed E-state index contributed by atoms with van der Waals surface area (Å²) in [6, 6.07) is 22.3. The lowest BCUT2D eigenvalue weighted by Gasteiger charge is -2.18. The van der Waals surface area contributed by atoms with E-state index in [1.807, 2.05) is 0 Å². The Morgan fingerprint density at radius 3 is 1.88 bits per heavy atom. The van der Waals surface area contributed by atoms with E-state index in [9.17, 15) is 22.8 Å². The van der Waals surface area contributed by atoms with Crippen molar-refractivity contribution < 1.29 is 22.8 Å². The fraction of sp³-hybridized carbons (Fsp3) is 0.0385. The number of sulfonamides is 1. The van der Waals surface area contributed by atoms with Crippen molar-refractivity contribution in [2.45, 2.75) is 11.8 Å². The molecule has 34 heavy (non-hydrogen) atoms. The van der Waals surface area contributed by atoms with Gasteiger partial charge in [-0.3, -0.25) is 19.1 Å². The van der Waals surface area contributed by atoms with Crippen molar-refractivity contribution in [3.05, 3.63) is 102 Å². The van der Waals surface area contributed by atoms with Crippen LogP contribution in [-0.2, 0) is 10.0 Å². The van der Waals surface area contributed by atoms with Crippen molar-refractivity contribution in [1.82, 2.24) is 0 Å². The second-order valence-electron chi connectivity index (χ2n) is 7.86. The monoisotopic (exact) mass is 470 g/mol.